The van der Waals surface area contributed by atoms with E-state index in [0.717, 1.165) is 21.6 Å². The molecule has 0 aliphatic rings. The van der Waals surface area contributed by atoms with Gasteiger partial charge in [-0.05, 0) is 65.2 Å². The molecule has 0 saturated carbocycles. The Kier molecular flexibility index (Phi) is 31.6. The van der Waals surface area contributed by atoms with E-state index in [1.165, 1.54) is 20.8 Å². The number of guanidine groups is 4. The summed E-state index contributed by atoms with van der Waals surface area (Å²) in [4.78, 5) is 117. The fraction of sp³-hybridized carbons (Fsp3) is 0.658. The minimum Gasteiger partial charge on any atom is -0.480 e. The zero-order chi connectivity index (χ0) is 54.2. The molecular weight excluding hydrogens is 975 g/mol. The number of aliphatic carboxylic acids is 1. The number of hydrogen-bond acceptors (Lipinski definition) is 16. The molecule has 0 heterocycles. The number of nitrogens with one attached hydrogen (secondary N) is 15. The Hall–Kier alpha value is -7.03. The summed E-state index contributed by atoms with van der Waals surface area (Å²) in [6, 6.07) is -10.2. The van der Waals surface area contributed by atoms with Crippen molar-refractivity contribution in [2.24, 2.45) is 34.4 Å². The van der Waals surface area contributed by atoms with Crippen LogP contribution in [0.4, 0.5) is 0 Å². The lowest BCUT2D eigenvalue weighted by Crippen LogP contribution is -2.59. The fourth-order valence-corrected chi connectivity index (χ4v) is 8.12. The van der Waals surface area contributed by atoms with E-state index in [2.05, 4.69) is 58.5 Å². The van der Waals surface area contributed by atoms with E-state index in [1.807, 2.05) is 0 Å². The zero-order valence-corrected chi connectivity index (χ0v) is 41.6. The summed E-state index contributed by atoms with van der Waals surface area (Å²) < 4.78 is 0. The predicted molar refractivity (Wildman–Crippen MR) is 267 cm³/mol. The number of primary amides is 1. The van der Waals surface area contributed by atoms with Gasteiger partial charge in [-0.1, -0.05) is 21.6 Å². The van der Waals surface area contributed by atoms with Crippen molar-refractivity contribution in [2.45, 2.75) is 120 Å². The first-order chi connectivity index (χ1) is 33.2. The van der Waals surface area contributed by atoms with E-state index in [4.69, 9.17) is 61.1 Å². The van der Waals surface area contributed by atoms with Crippen molar-refractivity contribution in [3.05, 3.63) is 0 Å². The average Bonchev–Trinajstić information content (AvgIpc) is 3.27. The summed E-state index contributed by atoms with van der Waals surface area (Å²) in [5.74, 6) is -9.16. The second-order valence-corrected chi connectivity index (χ2v) is 18.4. The molecule has 71 heavy (non-hydrogen) atoms. The first-order valence-corrected chi connectivity index (χ1v) is 24.7. The lowest BCUT2D eigenvalue weighted by atomic mass is 10.0. The maximum Gasteiger partial charge on any atom is 0.321 e. The third-order valence-electron chi connectivity index (χ3n) is 9.58. The standard InChI is InChI=1S/C38H73N21O10S2/c1-18(28(62)56-22(27(40)61)8-4-12-49-35(41)42)53-30(64)23(9-5-13-50-36(43)44)58-32(66)25(11-7-15-52-38(47)48)59-31(65)24(10-6-14-51-37(45)46)57-29(63)19(2)54-33(67)26(55-20(3)60)17-71-70-16-21(39)34(68)69/h18-19,21-26H,4-17,39H2,1-3H3,(H2,40,61)(H,53,64)(H,54,67)(H,55,60)(H,56,62)(H,57,63)(H,58,66)(H,59,65)(H,68,69)(H4,41,42,49)(H4,43,44,50)(H4,45,46,51)(H4,47,48,52)/t18-,19-,21+,22-,23-,24-,25-,26-/m1/s1. The van der Waals surface area contributed by atoms with Gasteiger partial charge < -0.3 is 98.0 Å². The summed E-state index contributed by atoms with van der Waals surface area (Å²) in [7, 11) is 2.12. The van der Waals surface area contributed by atoms with Crippen molar-refractivity contribution < 1.29 is 48.3 Å². The van der Waals surface area contributed by atoms with E-state index in [-0.39, 0.29) is 106 Å². The van der Waals surface area contributed by atoms with Crippen LogP contribution in [0.3, 0.4) is 0 Å². The Morgan fingerprint density at radius 2 is 0.746 bits per heavy atom. The first-order valence-electron chi connectivity index (χ1n) is 22.2. The van der Waals surface area contributed by atoms with Gasteiger partial charge in [0, 0.05) is 44.6 Å². The van der Waals surface area contributed by atoms with E-state index < -0.39 is 102 Å². The third kappa shape index (κ3) is 30.2. The number of hydrogen-bond donors (Lipinski definition) is 22. The van der Waals surface area contributed by atoms with Crippen LogP contribution in [0, 0.1) is 21.6 Å². The molecule has 0 aliphatic carbocycles. The number of carboxylic acid groups (broad SMARTS) is 1. The minimum atomic E-state index is -1.41. The van der Waals surface area contributed by atoms with Gasteiger partial charge >= 0.3 is 5.97 Å². The van der Waals surface area contributed by atoms with Crippen LogP contribution in [-0.4, -0.2) is 168 Å². The topological polar surface area (TPSA) is 558 Å². The van der Waals surface area contributed by atoms with Gasteiger partial charge in [-0.3, -0.25) is 64.8 Å². The van der Waals surface area contributed by atoms with Crippen LogP contribution in [0.2, 0.25) is 0 Å². The van der Waals surface area contributed by atoms with Crippen LogP contribution in [-0.2, 0) is 43.2 Å². The van der Waals surface area contributed by atoms with Gasteiger partial charge in [0.05, 0.1) is 0 Å². The Balaban J connectivity index is 6.49. The molecule has 0 radical (unpaired) electrons. The van der Waals surface area contributed by atoms with Crippen LogP contribution in [0.25, 0.3) is 0 Å². The molecule has 31 nitrogen and oxygen atoms in total. The van der Waals surface area contributed by atoms with Gasteiger partial charge in [-0.2, -0.15) is 0 Å². The molecule has 0 aromatic rings. The summed E-state index contributed by atoms with van der Waals surface area (Å²) >= 11 is 0. The highest BCUT2D eigenvalue weighted by molar-refractivity contribution is 8.76. The molecule has 28 N–H and O–H groups in total. The summed E-state index contributed by atoms with van der Waals surface area (Å²) in [5, 5.41) is 66.6. The Morgan fingerprint density at radius 3 is 1.07 bits per heavy atom. The molecule has 0 aliphatic heterocycles. The molecule has 33 heteroatoms. The summed E-state index contributed by atoms with van der Waals surface area (Å²) in [6.07, 6.45) is 0.483. The van der Waals surface area contributed by atoms with Crippen LogP contribution < -0.4 is 92.9 Å². The van der Waals surface area contributed by atoms with Crippen molar-refractivity contribution in [3.8, 4) is 0 Å². The second kappa shape index (κ2) is 35.1. The molecule has 8 amide bonds. The van der Waals surface area contributed by atoms with Gasteiger partial charge in [0.1, 0.15) is 48.3 Å². The molecule has 0 saturated heterocycles. The van der Waals surface area contributed by atoms with Crippen molar-refractivity contribution in [1.29, 1.82) is 21.6 Å². The Morgan fingerprint density at radius 1 is 0.451 bits per heavy atom. The first kappa shape index (κ1) is 64.0. The SMILES string of the molecule is CC(=O)N[C@H](CSSC[C@H](N)C(=O)O)C(=O)N[C@H](C)C(=O)N[C@H](CCCNC(=N)N)C(=O)N[C@H](CCCNC(=N)N)C(=O)N[C@H](CCCNC(=N)N)C(=O)N[C@H](C)C(=O)N[C@H](CCCNC(=N)N)C(N)=O. The van der Waals surface area contributed by atoms with Crippen LogP contribution in [0.1, 0.15) is 72.1 Å². The van der Waals surface area contributed by atoms with Crippen molar-refractivity contribution in [3.63, 3.8) is 0 Å². The largest absolute Gasteiger partial charge is 0.480 e. The highest BCUT2D eigenvalue weighted by Gasteiger charge is 2.32. The lowest BCUT2D eigenvalue weighted by molar-refractivity contribution is -0.138. The molecule has 402 valence electrons. The van der Waals surface area contributed by atoms with Crippen molar-refractivity contribution in [2.75, 3.05) is 37.7 Å². The number of nitrogens with two attached hydrogens (primary N) is 6. The van der Waals surface area contributed by atoms with E-state index in [0.29, 0.717) is 6.42 Å². The maximum absolute atomic E-state index is 14.1. The fourth-order valence-electron chi connectivity index (χ4n) is 5.84. The Labute approximate surface area is 418 Å². The van der Waals surface area contributed by atoms with E-state index in [9.17, 15) is 43.2 Å². The smallest absolute Gasteiger partial charge is 0.321 e. The van der Waals surface area contributed by atoms with Gasteiger partial charge in [0.15, 0.2) is 23.8 Å². The van der Waals surface area contributed by atoms with Crippen molar-refractivity contribution in [1.82, 2.24) is 58.5 Å². The number of amides is 8. The average molecular weight is 1050 g/mol. The van der Waals surface area contributed by atoms with Crippen LogP contribution >= 0.6 is 21.6 Å². The number of carboxylic acids is 1. The number of carbonyl (C=O) groups excluding carboxylic acids is 8. The van der Waals surface area contributed by atoms with Crippen LogP contribution in [0.15, 0.2) is 0 Å². The molecular formula is C38H73N21O10S2. The number of rotatable bonds is 36. The summed E-state index contributed by atoms with van der Waals surface area (Å²) in [5.41, 5.74) is 32.5. The van der Waals surface area contributed by atoms with Gasteiger partial charge in [0.25, 0.3) is 0 Å². The van der Waals surface area contributed by atoms with Gasteiger partial charge in [-0.25, -0.2) is 0 Å². The zero-order valence-electron chi connectivity index (χ0n) is 39.9. The molecule has 0 rings (SSSR count). The number of carbonyl (C=O) groups is 9. The molecule has 0 bridgehead atoms. The monoisotopic (exact) mass is 1050 g/mol. The van der Waals surface area contributed by atoms with E-state index in [1.54, 1.807) is 0 Å². The lowest BCUT2D eigenvalue weighted by Gasteiger charge is -2.27. The predicted octanol–water partition coefficient (Wildman–Crippen LogP) is -7.23. The minimum absolute atomic E-state index is 0.00201. The second-order valence-electron chi connectivity index (χ2n) is 15.8. The van der Waals surface area contributed by atoms with Gasteiger partial charge in [-0.15, -0.1) is 0 Å². The summed E-state index contributed by atoms with van der Waals surface area (Å²) in [6.45, 7) is 4.26. The highest BCUT2D eigenvalue weighted by Crippen LogP contribution is 2.22. The highest BCUT2D eigenvalue weighted by atomic mass is 33.1. The van der Waals surface area contributed by atoms with Crippen LogP contribution in [0.5, 0.6) is 0 Å². The maximum atomic E-state index is 14.1. The van der Waals surface area contributed by atoms with Crippen molar-refractivity contribution >= 4 is 98.7 Å². The normalized spacial score (nSPS) is 14.0. The molecule has 8 atom stereocenters. The molecule has 0 aromatic carbocycles. The van der Waals surface area contributed by atoms with Gasteiger partial charge in [0.2, 0.25) is 47.3 Å². The molecule has 0 spiro atoms. The van der Waals surface area contributed by atoms with E-state index >= 15 is 0 Å². The molecule has 0 fully saturated rings. The molecule has 0 aromatic heterocycles. The molecule has 0 unspecified atom stereocenters. The third-order valence-corrected chi connectivity index (χ3v) is 12.0. The Bertz CT molecular complexity index is 1870. The quantitative estimate of drug-likeness (QED) is 0.0120.